The molecule has 1 aromatic heterocycles. The summed E-state index contributed by atoms with van der Waals surface area (Å²) < 4.78 is 13.3. The minimum atomic E-state index is -0.211. The van der Waals surface area contributed by atoms with Crippen LogP contribution in [0, 0.1) is 5.82 Å². The molecule has 3 heteroatoms. The Morgan fingerprint density at radius 3 is 2.42 bits per heavy atom. The van der Waals surface area contributed by atoms with Gasteiger partial charge in [-0.15, -0.1) is 0 Å². The van der Waals surface area contributed by atoms with Crippen LogP contribution in [-0.4, -0.2) is 12.8 Å². The molecule has 0 N–H and O–H groups in total. The normalized spacial score (nSPS) is 11.7. The molecular formula is C9H13BFN. The van der Waals surface area contributed by atoms with Crippen LogP contribution in [-0.2, 0) is 5.41 Å². The summed E-state index contributed by atoms with van der Waals surface area (Å²) in [5, 5.41) is 0. The molecule has 0 aliphatic rings. The van der Waals surface area contributed by atoms with Gasteiger partial charge in [-0.05, 0) is 6.07 Å². The van der Waals surface area contributed by atoms with E-state index in [0.29, 0.717) is 5.69 Å². The highest BCUT2D eigenvalue weighted by atomic mass is 19.1. The van der Waals surface area contributed by atoms with Crippen molar-refractivity contribution in [3.05, 3.63) is 23.8 Å². The highest BCUT2D eigenvalue weighted by Gasteiger charge is 2.19. The molecule has 12 heavy (non-hydrogen) atoms. The summed E-state index contributed by atoms with van der Waals surface area (Å²) >= 11 is 0. The van der Waals surface area contributed by atoms with Crippen LogP contribution in [0.25, 0.3) is 0 Å². The van der Waals surface area contributed by atoms with Crippen LogP contribution in [0.1, 0.15) is 26.5 Å². The fourth-order valence-corrected chi connectivity index (χ4v) is 1.09. The van der Waals surface area contributed by atoms with Gasteiger partial charge in [0.2, 0.25) is 0 Å². The van der Waals surface area contributed by atoms with Crippen molar-refractivity contribution in [1.82, 2.24) is 4.98 Å². The summed E-state index contributed by atoms with van der Waals surface area (Å²) in [5.74, 6) is -0.206. The molecule has 0 saturated heterocycles. The fourth-order valence-electron chi connectivity index (χ4n) is 1.09. The van der Waals surface area contributed by atoms with Crippen molar-refractivity contribution >= 4 is 13.3 Å². The first kappa shape index (κ1) is 9.23. The fraction of sp³-hybridized carbons (Fsp3) is 0.444. The number of nitrogens with zero attached hydrogens (tertiary/aromatic N) is 1. The van der Waals surface area contributed by atoms with Crippen LogP contribution in [0.3, 0.4) is 0 Å². The van der Waals surface area contributed by atoms with E-state index in [1.807, 2.05) is 28.6 Å². The molecule has 1 nitrogen and oxygen atoms in total. The lowest BCUT2D eigenvalue weighted by atomic mass is 9.89. The van der Waals surface area contributed by atoms with Gasteiger partial charge in [-0.3, -0.25) is 4.98 Å². The SMILES string of the molecule is Bc1cnc(C(C)(C)C)c(F)c1. The summed E-state index contributed by atoms with van der Waals surface area (Å²) in [6.45, 7) is 5.86. The Hall–Kier alpha value is -0.855. The van der Waals surface area contributed by atoms with Gasteiger partial charge in [-0.2, -0.15) is 0 Å². The Kier molecular flexibility index (Phi) is 2.22. The molecule has 0 amide bonds. The summed E-state index contributed by atoms with van der Waals surface area (Å²) in [7, 11) is 1.84. The number of rotatable bonds is 0. The van der Waals surface area contributed by atoms with Crippen molar-refractivity contribution in [2.75, 3.05) is 0 Å². The molecular weight excluding hydrogens is 152 g/mol. The van der Waals surface area contributed by atoms with E-state index in [9.17, 15) is 4.39 Å². The number of pyridine rings is 1. The Balaban J connectivity index is 3.19. The van der Waals surface area contributed by atoms with E-state index in [4.69, 9.17) is 0 Å². The van der Waals surface area contributed by atoms with E-state index in [-0.39, 0.29) is 11.2 Å². The van der Waals surface area contributed by atoms with Crippen LogP contribution in [0.2, 0.25) is 0 Å². The molecule has 0 aliphatic heterocycles. The predicted molar refractivity (Wildman–Crippen MR) is 51.1 cm³/mol. The molecule has 1 heterocycles. The van der Waals surface area contributed by atoms with Crippen molar-refractivity contribution in [1.29, 1.82) is 0 Å². The third kappa shape index (κ3) is 1.84. The maximum Gasteiger partial charge on any atom is 0.144 e. The summed E-state index contributed by atoms with van der Waals surface area (Å²) in [6, 6.07) is 1.52. The van der Waals surface area contributed by atoms with Crippen molar-refractivity contribution < 1.29 is 4.39 Å². The first-order valence-electron chi connectivity index (χ1n) is 4.04. The average Bonchev–Trinajstić information content (AvgIpc) is 1.83. The molecule has 0 saturated carbocycles. The molecule has 0 spiro atoms. The van der Waals surface area contributed by atoms with Crippen molar-refractivity contribution in [2.45, 2.75) is 26.2 Å². The number of aromatic nitrogens is 1. The van der Waals surface area contributed by atoms with Crippen molar-refractivity contribution in [3.63, 3.8) is 0 Å². The minimum Gasteiger partial charge on any atom is -0.258 e. The van der Waals surface area contributed by atoms with Gasteiger partial charge in [0, 0.05) is 11.6 Å². The van der Waals surface area contributed by atoms with Crippen LogP contribution < -0.4 is 5.46 Å². The van der Waals surface area contributed by atoms with Crippen molar-refractivity contribution in [2.24, 2.45) is 0 Å². The summed E-state index contributed by atoms with van der Waals surface area (Å²) in [4.78, 5) is 4.07. The standard InChI is InChI=1S/C9H13BFN/c1-9(2,3)8-7(11)4-6(10)5-12-8/h4-5H,10H2,1-3H3. The highest BCUT2D eigenvalue weighted by Crippen LogP contribution is 2.21. The first-order chi connectivity index (χ1) is 5.41. The monoisotopic (exact) mass is 165 g/mol. The Morgan fingerprint density at radius 2 is 2.00 bits per heavy atom. The maximum absolute atomic E-state index is 13.3. The van der Waals surface area contributed by atoms with E-state index in [1.165, 1.54) is 6.07 Å². The first-order valence-corrected chi connectivity index (χ1v) is 4.04. The third-order valence-electron chi connectivity index (χ3n) is 1.69. The van der Waals surface area contributed by atoms with Gasteiger partial charge < -0.3 is 0 Å². The smallest absolute Gasteiger partial charge is 0.144 e. The summed E-state index contributed by atoms with van der Waals surface area (Å²) in [5.41, 5.74) is 1.19. The van der Waals surface area contributed by atoms with Crippen molar-refractivity contribution in [3.8, 4) is 0 Å². The van der Waals surface area contributed by atoms with E-state index in [1.54, 1.807) is 6.20 Å². The molecule has 0 fully saturated rings. The molecule has 1 rings (SSSR count). The van der Waals surface area contributed by atoms with Crippen LogP contribution in [0.5, 0.6) is 0 Å². The lowest BCUT2D eigenvalue weighted by Crippen LogP contribution is -2.19. The van der Waals surface area contributed by atoms with Gasteiger partial charge >= 0.3 is 0 Å². The molecule has 0 atom stereocenters. The molecule has 0 bridgehead atoms. The Bertz CT molecular complexity index is 291. The summed E-state index contributed by atoms with van der Waals surface area (Å²) in [6.07, 6.45) is 1.70. The Labute approximate surface area is 73.4 Å². The second-order valence-corrected chi connectivity index (χ2v) is 4.09. The Morgan fingerprint density at radius 1 is 1.42 bits per heavy atom. The van der Waals surface area contributed by atoms with Gasteiger partial charge in [0.25, 0.3) is 0 Å². The van der Waals surface area contributed by atoms with Gasteiger partial charge in [0.1, 0.15) is 13.7 Å². The molecule has 64 valence electrons. The zero-order valence-corrected chi connectivity index (χ0v) is 7.98. The van der Waals surface area contributed by atoms with E-state index in [2.05, 4.69) is 4.98 Å². The van der Waals surface area contributed by atoms with Crippen LogP contribution >= 0.6 is 0 Å². The predicted octanol–water partition coefficient (Wildman–Crippen LogP) is 0.777. The van der Waals surface area contributed by atoms with E-state index < -0.39 is 0 Å². The lowest BCUT2D eigenvalue weighted by Gasteiger charge is -2.18. The molecule has 1 aromatic rings. The topological polar surface area (TPSA) is 12.9 Å². The van der Waals surface area contributed by atoms with Crippen LogP contribution in [0.4, 0.5) is 4.39 Å². The van der Waals surface area contributed by atoms with Gasteiger partial charge in [0.15, 0.2) is 0 Å². The van der Waals surface area contributed by atoms with Gasteiger partial charge in [-0.1, -0.05) is 26.2 Å². The molecule has 0 aliphatic carbocycles. The maximum atomic E-state index is 13.3. The van der Waals surface area contributed by atoms with Gasteiger partial charge in [0.05, 0.1) is 5.69 Å². The van der Waals surface area contributed by atoms with Gasteiger partial charge in [-0.25, -0.2) is 4.39 Å². The zero-order valence-electron chi connectivity index (χ0n) is 7.98. The van der Waals surface area contributed by atoms with E-state index >= 15 is 0 Å². The average molecular weight is 165 g/mol. The molecule has 0 aromatic carbocycles. The lowest BCUT2D eigenvalue weighted by molar-refractivity contribution is 0.504. The zero-order chi connectivity index (χ0) is 9.35. The minimum absolute atomic E-state index is 0.206. The highest BCUT2D eigenvalue weighted by molar-refractivity contribution is 6.32. The molecule has 0 radical (unpaired) electrons. The second-order valence-electron chi connectivity index (χ2n) is 4.09. The van der Waals surface area contributed by atoms with E-state index in [0.717, 1.165) is 5.46 Å². The van der Waals surface area contributed by atoms with Crippen LogP contribution in [0.15, 0.2) is 12.3 Å². The third-order valence-corrected chi connectivity index (χ3v) is 1.69. The number of halogens is 1. The number of hydrogen-bond donors (Lipinski definition) is 0. The quantitative estimate of drug-likeness (QED) is 0.517. The second kappa shape index (κ2) is 2.89. The number of hydrogen-bond acceptors (Lipinski definition) is 1. The largest absolute Gasteiger partial charge is 0.258 e. The molecule has 0 unspecified atom stereocenters.